The maximum absolute atomic E-state index is 11.7. The van der Waals surface area contributed by atoms with Crippen LogP contribution in [0.4, 0.5) is 5.13 Å². The fourth-order valence-electron chi connectivity index (χ4n) is 3.87. The van der Waals surface area contributed by atoms with E-state index in [0.29, 0.717) is 17.0 Å². The average Bonchev–Trinajstić information content (AvgIpc) is 3.00. The van der Waals surface area contributed by atoms with Crippen molar-refractivity contribution in [3.63, 3.8) is 0 Å². The molecule has 2 fully saturated rings. The lowest BCUT2D eigenvalue weighted by Gasteiger charge is -2.41. The molecule has 2 N–H and O–H groups in total. The van der Waals surface area contributed by atoms with Crippen molar-refractivity contribution < 1.29 is 5.11 Å². The highest BCUT2D eigenvalue weighted by molar-refractivity contribution is 7.20. The van der Waals surface area contributed by atoms with Crippen LogP contribution in [0.5, 0.6) is 0 Å². The van der Waals surface area contributed by atoms with E-state index in [0.717, 1.165) is 50.3 Å². The van der Waals surface area contributed by atoms with Gasteiger partial charge >= 0.3 is 0 Å². The Balaban J connectivity index is 1.37. The Bertz CT molecular complexity index is 752. The Morgan fingerprint density at radius 1 is 1.21 bits per heavy atom. The number of piperidine rings is 1. The molecule has 0 aromatic carbocycles. The Hall–Kier alpha value is -1.51. The van der Waals surface area contributed by atoms with Gasteiger partial charge in [-0.3, -0.25) is 9.69 Å². The van der Waals surface area contributed by atoms with Crippen LogP contribution in [0.2, 0.25) is 0 Å². The third-order valence-corrected chi connectivity index (χ3v) is 6.04. The first kappa shape index (κ1) is 16.0. The number of rotatable bonds is 3. The summed E-state index contributed by atoms with van der Waals surface area (Å²) in [7, 11) is 0. The Labute approximate surface area is 144 Å². The van der Waals surface area contributed by atoms with Crippen molar-refractivity contribution in [1.82, 2.24) is 19.5 Å². The Morgan fingerprint density at radius 3 is 2.75 bits per heavy atom. The fourth-order valence-corrected chi connectivity index (χ4v) is 4.72. The molecule has 1 saturated heterocycles. The van der Waals surface area contributed by atoms with Crippen LogP contribution in [0.25, 0.3) is 4.96 Å². The zero-order valence-corrected chi connectivity index (χ0v) is 14.4. The summed E-state index contributed by atoms with van der Waals surface area (Å²) in [6.45, 7) is 2.00. The van der Waals surface area contributed by atoms with Gasteiger partial charge in [0, 0.05) is 37.4 Å². The molecular weight excluding hydrogens is 326 g/mol. The number of anilines is 1. The predicted molar refractivity (Wildman–Crippen MR) is 93.6 cm³/mol. The smallest absolute Gasteiger partial charge is 0.275 e. The molecule has 130 valence electrons. The zero-order valence-electron chi connectivity index (χ0n) is 13.6. The van der Waals surface area contributed by atoms with E-state index in [1.807, 2.05) is 0 Å². The van der Waals surface area contributed by atoms with Crippen molar-refractivity contribution in [2.45, 2.75) is 56.7 Å². The number of hydrogen-bond donors (Lipinski definition) is 2. The van der Waals surface area contributed by atoms with E-state index in [9.17, 15) is 9.90 Å². The highest BCUT2D eigenvalue weighted by Crippen LogP contribution is 2.27. The van der Waals surface area contributed by atoms with Crippen molar-refractivity contribution in [3.05, 3.63) is 22.6 Å². The standard InChI is InChI=1S/C16H23N5O2S/c22-13-4-2-1-3-12(13)20-9-6-11(7-10-20)18-15-19-21-14(23)5-8-17-16(21)24-15/h5,8,11-13,22H,1-4,6-7,9-10H2,(H,18,19). The van der Waals surface area contributed by atoms with Crippen molar-refractivity contribution in [2.24, 2.45) is 0 Å². The van der Waals surface area contributed by atoms with Gasteiger partial charge in [0.1, 0.15) is 0 Å². The SMILES string of the molecule is O=c1ccnc2sc(NC3CCN(C4CCCCC4O)CC3)nn12. The maximum Gasteiger partial charge on any atom is 0.275 e. The molecule has 24 heavy (non-hydrogen) atoms. The van der Waals surface area contributed by atoms with Crippen LogP contribution in [-0.2, 0) is 0 Å². The first-order valence-corrected chi connectivity index (χ1v) is 9.56. The van der Waals surface area contributed by atoms with Gasteiger partial charge in [0.15, 0.2) is 0 Å². The number of aliphatic hydroxyl groups excluding tert-OH is 1. The van der Waals surface area contributed by atoms with Crippen LogP contribution < -0.4 is 10.9 Å². The van der Waals surface area contributed by atoms with E-state index < -0.39 is 0 Å². The highest BCUT2D eigenvalue weighted by Gasteiger charge is 2.31. The first-order chi connectivity index (χ1) is 11.7. The third-order valence-electron chi connectivity index (χ3n) is 5.19. The van der Waals surface area contributed by atoms with Crippen LogP contribution in [0.3, 0.4) is 0 Å². The zero-order chi connectivity index (χ0) is 16.5. The topological polar surface area (TPSA) is 82.8 Å². The summed E-state index contributed by atoms with van der Waals surface area (Å²) in [6, 6.07) is 2.12. The summed E-state index contributed by atoms with van der Waals surface area (Å²) in [4.78, 5) is 19.0. The third kappa shape index (κ3) is 3.18. The van der Waals surface area contributed by atoms with Gasteiger partial charge < -0.3 is 10.4 Å². The molecule has 0 bridgehead atoms. The monoisotopic (exact) mass is 349 g/mol. The Kier molecular flexibility index (Phi) is 4.51. The average molecular weight is 349 g/mol. The van der Waals surface area contributed by atoms with Gasteiger partial charge in [0.2, 0.25) is 10.1 Å². The number of nitrogens with one attached hydrogen (secondary N) is 1. The largest absolute Gasteiger partial charge is 0.391 e. The van der Waals surface area contributed by atoms with Gasteiger partial charge in [-0.25, -0.2) is 4.98 Å². The Morgan fingerprint density at radius 2 is 2.00 bits per heavy atom. The lowest BCUT2D eigenvalue weighted by Crippen LogP contribution is -2.50. The summed E-state index contributed by atoms with van der Waals surface area (Å²) < 4.78 is 1.35. The molecule has 2 unspecified atom stereocenters. The lowest BCUT2D eigenvalue weighted by atomic mass is 9.89. The van der Waals surface area contributed by atoms with Crippen molar-refractivity contribution in [1.29, 1.82) is 0 Å². The van der Waals surface area contributed by atoms with E-state index in [4.69, 9.17) is 0 Å². The minimum atomic E-state index is -0.162. The molecule has 4 rings (SSSR count). The second-order valence-corrected chi connectivity index (χ2v) is 7.71. The van der Waals surface area contributed by atoms with E-state index in [2.05, 4.69) is 20.3 Å². The van der Waals surface area contributed by atoms with E-state index in [1.54, 1.807) is 0 Å². The highest BCUT2D eigenvalue weighted by atomic mass is 32.1. The number of aromatic nitrogens is 3. The summed E-state index contributed by atoms with van der Waals surface area (Å²) in [5, 5.41) is 18.7. The van der Waals surface area contributed by atoms with Crippen molar-refractivity contribution in [2.75, 3.05) is 18.4 Å². The van der Waals surface area contributed by atoms with E-state index in [-0.39, 0.29) is 11.7 Å². The molecule has 1 saturated carbocycles. The molecule has 0 spiro atoms. The van der Waals surface area contributed by atoms with Gasteiger partial charge in [-0.2, -0.15) is 4.52 Å². The maximum atomic E-state index is 11.7. The molecule has 2 aliphatic rings. The lowest BCUT2D eigenvalue weighted by molar-refractivity contribution is 0.00993. The molecule has 2 aromatic heterocycles. The molecule has 0 amide bonds. The molecule has 8 heteroatoms. The van der Waals surface area contributed by atoms with Crippen LogP contribution >= 0.6 is 11.3 Å². The summed E-state index contributed by atoms with van der Waals surface area (Å²) in [5.74, 6) is 0. The number of fused-ring (bicyclic) bond motifs is 1. The number of hydrogen-bond acceptors (Lipinski definition) is 7. The van der Waals surface area contributed by atoms with Crippen molar-refractivity contribution in [3.8, 4) is 0 Å². The van der Waals surface area contributed by atoms with Crippen LogP contribution in [0, 0.1) is 0 Å². The number of aliphatic hydroxyl groups is 1. The summed E-state index contributed by atoms with van der Waals surface area (Å²) >= 11 is 1.41. The van der Waals surface area contributed by atoms with Gasteiger partial charge in [-0.1, -0.05) is 24.2 Å². The fraction of sp³-hybridized carbons (Fsp3) is 0.688. The molecule has 2 atom stereocenters. The first-order valence-electron chi connectivity index (χ1n) is 8.74. The second kappa shape index (κ2) is 6.78. The normalized spacial score (nSPS) is 26.7. The van der Waals surface area contributed by atoms with Crippen LogP contribution in [0.1, 0.15) is 38.5 Å². The molecular formula is C16H23N5O2S. The second-order valence-electron chi connectivity index (χ2n) is 6.76. The minimum absolute atomic E-state index is 0.148. The van der Waals surface area contributed by atoms with Gasteiger partial charge in [-0.15, -0.1) is 5.10 Å². The summed E-state index contributed by atoms with van der Waals surface area (Å²) in [6.07, 6.45) is 7.86. The molecule has 1 aliphatic carbocycles. The number of nitrogens with zero attached hydrogens (tertiary/aromatic N) is 4. The van der Waals surface area contributed by atoms with E-state index in [1.165, 1.54) is 34.5 Å². The summed E-state index contributed by atoms with van der Waals surface area (Å²) in [5.41, 5.74) is -0.148. The number of likely N-dealkylation sites (tertiary alicyclic amines) is 1. The molecule has 0 radical (unpaired) electrons. The minimum Gasteiger partial charge on any atom is -0.391 e. The molecule has 7 nitrogen and oxygen atoms in total. The van der Waals surface area contributed by atoms with Crippen LogP contribution in [-0.4, -0.2) is 55.9 Å². The van der Waals surface area contributed by atoms with Gasteiger partial charge in [0.25, 0.3) is 5.56 Å². The van der Waals surface area contributed by atoms with Gasteiger partial charge in [0.05, 0.1) is 6.10 Å². The quantitative estimate of drug-likeness (QED) is 0.870. The van der Waals surface area contributed by atoms with Gasteiger partial charge in [-0.05, 0) is 25.7 Å². The molecule has 2 aromatic rings. The predicted octanol–water partition coefficient (Wildman–Crippen LogP) is 1.33. The van der Waals surface area contributed by atoms with E-state index >= 15 is 0 Å². The van der Waals surface area contributed by atoms with Crippen LogP contribution in [0.15, 0.2) is 17.1 Å². The van der Waals surface area contributed by atoms with Crippen molar-refractivity contribution >= 4 is 21.4 Å². The molecule has 1 aliphatic heterocycles. The molecule has 3 heterocycles.